The number of aromatic amines is 8. The highest BCUT2D eigenvalue weighted by atomic mass is 15.1. The predicted molar refractivity (Wildman–Crippen MR) is 455 cm³/mol. The van der Waals surface area contributed by atoms with Crippen molar-refractivity contribution < 1.29 is 0 Å². The van der Waals surface area contributed by atoms with Gasteiger partial charge in [0.25, 0.3) is 0 Å². The lowest BCUT2D eigenvalue weighted by molar-refractivity contribution is 0.570. The lowest BCUT2D eigenvalue weighted by Gasteiger charge is -2.22. The minimum absolute atomic E-state index is 0. The van der Waals surface area contributed by atoms with Gasteiger partial charge in [-0.1, -0.05) is 187 Å². The van der Waals surface area contributed by atoms with Gasteiger partial charge in [-0.15, -0.1) is 0 Å². The molecule has 0 aromatic carbocycles. The lowest BCUT2D eigenvalue weighted by atomic mass is 9.84. The first-order valence-corrected chi connectivity index (χ1v) is 37.9. The van der Waals surface area contributed by atoms with Gasteiger partial charge >= 0.3 is 0 Å². The fourth-order valence-corrected chi connectivity index (χ4v) is 12.7. The van der Waals surface area contributed by atoms with Crippen molar-refractivity contribution >= 4 is 44.6 Å². The van der Waals surface area contributed by atoms with Crippen LogP contribution < -0.4 is 0 Å². The Morgan fingerprint density at radius 1 is 0.308 bits per heavy atom. The van der Waals surface area contributed by atoms with E-state index in [4.69, 9.17) is 39.9 Å². The standard InChI is InChI=1S/C21H30N4.3C21H32N4.4CH4/c1-8-11(3)14(6)18-16(9-2)22-20(24-18)21-23-17-13(5)10-12(4)15(7)19(17)25-21;3*1-8-12-14(6)18-16(10-3)22-20(24-18)21-23-17(11-4)19(25-21)15(7)13(5)9-2;;;;/h10,12,15H,8-9H2,1-7H3,(H,22,24)(H,23,25);3*12H,8-11H2,1-7H3,(H,22,24)(H,23,25);4*1H4/b14-11-;3*14-12-,15-13-;;;;. The number of nitrogens with zero attached hydrogens (tertiary/aromatic N) is 8. The summed E-state index contributed by atoms with van der Waals surface area (Å²) in [7, 11) is 0. The summed E-state index contributed by atoms with van der Waals surface area (Å²) in [5, 5.41) is 0. The Morgan fingerprint density at radius 2 is 0.510 bits per heavy atom. The molecule has 574 valence electrons. The highest BCUT2D eigenvalue weighted by Gasteiger charge is 2.28. The van der Waals surface area contributed by atoms with Gasteiger partial charge in [0.2, 0.25) is 0 Å². The monoisotopic (exact) mass is 1420 g/mol. The molecule has 16 heteroatoms. The summed E-state index contributed by atoms with van der Waals surface area (Å²) in [6, 6.07) is 0. The SMILES string of the molecule is C.C.C.C.CC/C(C)=C(/C)c1nc(-c2nc3c([nH]2)C(C)C(C)C=C3C)[nH]c1CC.CC/C=C(/C)c1nc(-c2nc(/C(C)=C(/C)CC)c(CC)[nH]2)[nH]c1CC.CC/C=C(/C)c1nc(-c2nc(/C(C)=C(/C)CC)c(CC)[nH]2)[nH]c1CC.CC/C=C(/C)c1nc(-c2nc(/C(C)=C(/C)CC)c(CC)[nH]2)[nH]c1CC. The van der Waals surface area contributed by atoms with E-state index in [1.54, 1.807) is 0 Å². The number of nitrogens with one attached hydrogen (secondary N) is 8. The summed E-state index contributed by atoms with van der Waals surface area (Å²) in [5.41, 5.74) is 33.6. The van der Waals surface area contributed by atoms with Gasteiger partial charge in [0.05, 0.1) is 45.6 Å². The number of hydrogen-bond donors (Lipinski definition) is 8. The molecule has 2 atom stereocenters. The molecule has 0 saturated heterocycles. The second-order valence-corrected chi connectivity index (χ2v) is 27.1. The van der Waals surface area contributed by atoms with Gasteiger partial charge in [-0.2, -0.15) is 0 Å². The van der Waals surface area contributed by atoms with Crippen LogP contribution in [0.5, 0.6) is 0 Å². The molecular weight excluding hydrogens is 1280 g/mol. The van der Waals surface area contributed by atoms with E-state index in [9.17, 15) is 0 Å². The van der Waals surface area contributed by atoms with Gasteiger partial charge < -0.3 is 39.9 Å². The summed E-state index contributed by atoms with van der Waals surface area (Å²) < 4.78 is 0. The average molecular weight is 1420 g/mol. The Hall–Kier alpha value is -8.40. The summed E-state index contributed by atoms with van der Waals surface area (Å²) in [5.74, 6) is 7.66. The molecule has 16 nitrogen and oxygen atoms in total. The van der Waals surface area contributed by atoms with E-state index in [1.807, 2.05) is 0 Å². The maximum absolute atomic E-state index is 4.91. The van der Waals surface area contributed by atoms with Crippen LogP contribution in [0.1, 0.15) is 366 Å². The Balaban J connectivity index is 0.000000465. The van der Waals surface area contributed by atoms with Crippen molar-refractivity contribution in [3.8, 4) is 46.6 Å². The Morgan fingerprint density at radius 3 is 0.712 bits per heavy atom. The summed E-state index contributed by atoms with van der Waals surface area (Å²) in [6.45, 7) is 60.8. The van der Waals surface area contributed by atoms with Crippen LogP contribution in [-0.4, -0.2) is 79.7 Å². The van der Waals surface area contributed by atoms with Gasteiger partial charge in [-0.3, -0.25) is 0 Å². The molecule has 0 fully saturated rings. The molecule has 9 rings (SSSR count). The number of H-pyrrole nitrogens is 8. The minimum atomic E-state index is 0. The smallest absolute Gasteiger partial charge is 0.174 e. The predicted octanol–water partition coefficient (Wildman–Crippen LogP) is 26.1. The normalized spacial score (nSPS) is 14.7. The highest BCUT2D eigenvalue weighted by molar-refractivity contribution is 5.74. The number of allylic oxidation sites excluding steroid dienone is 16. The number of imidazole rings is 8. The van der Waals surface area contributed by atoms with Crippen LogP contribution >= 0.6 is 0 Å². The summed E-state index contributed by atoms with van der Waals surface area (Å²) >= 11 is 0. The Bertz CT molecular complexity index is 3980. The third kappa shape index (κ3) is 21.2. The van der Waals surface area contributed by atoms with E-state index in [-0.39, 0.29) is 29.7 Å². The molecule has 8 aromatic rings. The first kappa shape index (κ1) is 91.7. The van der Waals surface area contributed by atoms with Crippen molar-refractivity contribution in [1.29, 1.82) is 0 Å². The highest BCUT2D eigenvalue weighted by Crippen LogP contribution is 2.39. The third-order valence-electron chi connectivity index (χ3n) is 20.4. The maximum Gasteiger partial charge on any atom is 0.174 e. The second-order valence-electron chi connectivity index (χ2n) is 27.1. The minimum Gasteiger partial charge on any atom is -0.339 e. The molecule has 1 aliphatic rings. The molecule has 0 saturated carbocycles. The average Bonchev–Trinajstić information content (AvgIpc) is 1.59. The molecular formula is C88H142N16. The van der Waals surface area contributed by atoms with Gasteiger partial charge in [0, 0.05) is 51.5 Å². The van der Waals surface area contributed by atoms with E-state index in [1.165, 1.54) is 112 Å². The van der Waals surface area contributed by atoms with Crippen molar-refractivity contribution in [2.45, 2.75) is 319 Å². The Kier molecular flexibility index (Phi) is 37.5. The largest absolute Gasteiger partial charge is 0.339 e. The molecule has 0 amide bonds. The topological polar surface area (TPSA) is 229 Å². The number of hydrogen-bond acceptors (Lipinski definition) is 8. The third-order valence-corrected chi connectivity index (χ3v) is 20.4. The first-order valence-electron chi connectivity index (χ1n) is 37.9. The zero-order chi connectivity index (χ0) is 74.0. The molecule has 2 unspecified atom stereocenters. The maximum atomic E-state index is 4.91. The molecule has 0 aliphatic heterocycles. The van der Waals surface area contributed by atoms with E-state index in [2.05, 4.69) is 258 Å². The van der Waals surface area contributed by atoms with Crippen LogP contribution in [0.2, 0.25) is 0 Å². The zero-order valence-electron chi connectivity index (χ0n) is 66.9. The molecule has 0 spiro atoms. The van der Waals surface area contributed by atoms with E-state index >= 15 is 0 Å². The number of rotatable bonds is 25. The van der Waals surface area contributed by atoms with Crippen molar-refractivity contribution in [2.24, 2.45) is 5.92 Å². The van der Waals surface area contributed by atoms with Gasteiger partial charge in [-0.25, -0.2) is 39.9 Å². The van der Waals surface area contributed by atoms with Crippen molar-refractivity contribution in [3.63, 3.8) is 0 Å². The quantitative estimate of drug-likeness (QED) is 0.0274. The summed E-state index contributed by atoms with van der Waals surface area (Å²) in [6.07, 6.45) is 22.7. The summed E-state index contributed by atoms with van der Waals surface area (Å²) in [4.78, 5) is 66.9. The molecule has 1 aliphatic carbocycles. The van der Waals surface area contributed by atoms with Crippen LogP contribution in [0.15, 0.2) is 46.6 Å². The van der Waals surface area contributed by atoms with Crippen LogP contribution in [-0.2, 0) is 44.9 Å². The molecule has 8 aromatic heterocycles. The van der Waals surface area contributed by atoms with Crippen LogP contribution in [0.25, 0.3) is 91.2 Å². The number of fused-ring (bicyclic) bond motifs is 1. The fourth-order valence-electron chi connectivity index (χ4n) is 12.7. The van der Waals surface area contributed by atoms with Crippen molar-refractivity contribution in [2.75, 3.05) is 0 Å². The van der Waals surface area contributed by atoms with Crippen molar-refractivity contribution in [1.82, 2.24) is 79.7 Å². The molecule has 0 radical (unpaired) electrons. The van der Waals surface area contributed by atoms with Crippen molar-refractivity contribution in [3.05, 3.63) is 138 Å². The van der Waals surface area contributed by atoms with E-state index in [0.29, 0.717) is 11.8 Å². The first-order chi connectivity index (χ1) is 47.7. The van der Waals surface area contributed by atoms with Crippen LogP contribution in [0, 0.1) is 5.92 Å². The lowest BCUT2D eigenvalue weighted by Crippen LogP contribution is -2.11. The fraction of sp³-hybridized carbons (Fsp3) is 0.545. The van der Waals surface area contributed by atoms with Gasteiger partial charge in [0.15, 0.2) is 46.6 Å². The van der Waals surface area contributed by atoms with Gasteiger partial charge in [0.1, 0.15) is 0 Å². The number of aromatic nitrogens is 16. The van der Waals surface area contributed by atoms with Crippen LogP contribution in [0.3, 0.4) is 0 Å². The Labute approximate surface area is 630 Å². The number of aryl methyl sites for hydroxylation is 7. The van der Waals surface area contributed by atoms with Crippen LogP contribution in [0.4, 0.5) is 0 Å². The zero-order valence-corrected chi connectivity index (χ0v) is 66.9. The molecule has 8 heterocycles. The second kappa shape index (κ2) is 42.5. The van der Waals surface area contributed by atoms with Gasteiger partial charge in [-0.05, 0) is 223 Å². The van der Waals surface area contributed by atoms with E-state index in [0.717, 1.165) is 182 Å². The molecule has 104 heavy (non-hydrogen) atoms. The van der Waals surface area contributed by atoms with E-state index < -0.39 is 0 Å². The molecule has 8 N–H and O–H groups in total. The molecule has 0 bridgehead atoms.